The van der Waals surface area contributed by atoms with Crippen LogP contribution >= 0.6 is 11.6 Å². The number of aliphatic hydroxyl groups is 1. The Morgan fingerprint density at radius 1 is 1.30 bits per heavy atom. The fraction of sp³-hybridized carbons (Fsp3) is 0.611. The Bertz CT molecular complexity index is 545. The summed E-state index contributed by atoms with van der Waals surface area (Å²) < 4.78 is 5.70. The molecule has 126 valence electrons. The molecule has 0 spiro atoms. The molecule has 2 fully saturated rings. The van der Waals surface area contributed by atoms with E-state index in [1.54, 1.807) is 0 Å². The molecule has 1 amide bonds. The van der Waals surface area contributed by atoms with Crippen LogP contribution in [-0.2, 0) is 9.53 Å². The molecule has 1 aliphatic heterocycles. The van der Waals surface area contributed by atoms with E-state index in [9.17, 15) is 9.90 Å². The first kappa shape index (κ1) is 16.7. The molecule has 4 nitrogen and oxygen atoms in total. The molecule has 0 unspecified atom stereocenters. The molecule has 2 atom stereocenters. The maximum atomic E-state index is 12.9. The molecule has 2 aliphatic rings. The normalized spacial score (nSPS) is 25.7. The maximum Gasteiger partial charge on any atom is 0.223 e. The third-order valence-electron chi connectivity index (χ3n) is 5.01. The summed E-state index contributed by atoms with van der Waals surface area (Å²) >= 11 is 6.35. The quantitative estimate of drug-likeness (QED) is 0.918. The third kappa shape index (κ3) is 3.70. The van der Waals surface area contributed by atoms with Gasteiger partial charge in [0.25, 0.3) is 0 Å². The van der Waals surface area contributed by atoms with Gasteiger partial charge in [-0.2, -0.15) is 0 Å². The lowest BCUT2D eigenvalue weighted by molar-refractivity contribution is -0.150. The first-order valence-electron chi connectivity index (χ1n) is 8.47. The summed E-state index contributed by atoms with van der Waals surface area (Å²) in [6.45, 7) is 0.892. The molecule has 5 heteroatoms. The fourth-order valence-electron chi connectivity index (χ4n) is 3.83. The number of nitrogens with zero attached hydrogens (tertiary/aromatic N) is 1. The van der Waals surface area contributed by atoms with Gasteiger partial charge in [-0.05, 0) is 30.4 Å². The molecule has 0 radical (unpaired) electrons. The summed E-state index contributed by atoms with van der Waals surface area (Å²) in [4.78, 5) is 14.7. The number of aliphatic hydroxyl groups excluding tert-OH is 1. The molecule has 1 saturated heterocycles. The Morgan fingerprint density at radius 3 is 2.74 bits per heavy atom. The summed E-state index contributed by atoms with van der Waals surface area (Å²) in [7, 11) is 0. The summed E-state index contributed by atoms with van der Waals surface area (Å²) in [5, 5.41) is 10.3. The van der Waals surface area contributed by atoms with Crippen molar-refractivity contribution in [2.24, 2.45) is 5.92 Å². The number of ether oxygens (including phenoxy) is 1. The summed E-state index contributed by atoms with van der Waals surface area (Å²) in [6, 6.07) is 7.20. The second-order valence-electron chi connectivity index (χ2n) is 6.50. The van der Waals surface area contributed by atoms with Crippen molar-refractivity contribution in [2.45, 2.75) is 44.2 Å². The van der Waals surface area contributed by atoms with Crippen molar-refractivity contribution in [3.8, 4) is 0 Å². The van der Waals surface area contributed by atoms with Gasteiger partial charge in [0, 0.05) is 18.0 Å². The zero-order chi connectivity index (χ0) is 16.2. The van der Waals surface area contributed by atoms with Crippen molar-refractivity contribution in [1.82, 2.24) is 4.90 Å². The molecule has 1 aromatic carbocycles. The second-order valence-corrected chi connectivity index (χ2v) is 6.91. The number of carbonyl (C=O) groups excluding carboxylic acids is 1. The van der Waals surface area contributed by atoms with Gasteiger partial charge in [-0.25, -0.2) is 0 Å². The SMILES string of the molecule is O=C(CC1CCCC1)N1CCO[C@@H](CO)[C@@H]1c1ccccc1Cl. The first-order valence-corrected chi connectivity index (χ1v) is 8.85. The maximum absolute atomic E-state index is 12.9. The van der Waals surface area contributed by atoms with Crippen molar-refractivity contribution >= 4 is 17.5 Å². The Kier molecular flexibility index (Phi) is 5.57. The van der Waals surface area contributed by atoms with Crippen molar-refractivity contribution in [3.05, 3.63) is 34.9 Å². The molecule has 23 heavy (non-hydrogen) atoms. The number of amides is 1. The predicted octanol–water partition coefficient (Wildman–Crippen LogP) is 3.18. The number of benzene rings is 1. The smallest absolute Gasteiger partial charge is 0.223 e. The van der Waals surface area contributed by atoms with Gasteiger partial charge in [-0.1, -0.05) is 42.6 Å². The monoisotopic (exact) mass is 337 g/mol. The van der Waals surface area contributed by atoms with Gasteiger partial charge >= 0.3 is 0 Å². The highest BCUT2D eigenvalue weighted by atomic mass is 35.5. The van der Waals surface area contributed by atoms with Gasteiger partial charge in [-0.15, -0.1) is 0 Å². The Morgan fingerprint density at radius 2 is 2.04 bits per heavy atom. The molecular formula is C18H24ClNO3. The van der Waals surface area contributed by atoms with E-state index < -0.39 is 6.10 Å². The minimum absolute atomic E-state index is 0.122. The number of halogens is 1. The summed E-state index contributed by atoms with van der Waals surface area (Å²) in [5.74, 6) is 0.661. The number of morpholine rings is 1. The van der Waals surface area contributed by atoms with E-state index >= 15 is 0 Å². The van der Waals surface area contributed by atoms with Crippen LogP contribution in [0.2, 0.25) is 5.02 Å². The van der Waals surface area contributed by atoms with E-state index in [2.05, 4.69) is 0 Å². The van der Waals surface area contributed by atoms with Gasteiger partial charge in [0.15, 0.2) is 0 Å². The van der Waals surface area contributed by atoms with Crippen LogP contribution in [0.4, 0.5) is 0 Å². The van der Waals surface area contributed by atoms with E-state index in [4.69, 9.17) is 16.3 Å². The van der Waals surface area contributed by atoms with E-state index in [0.717, 1.165) is 18.4 Å². The number of hydrogen-bond donors (Lipinski definition) is 1. The van der Waals surface area contributed by atoms with Gasteiger partial charge < -0.3 is 14.7 Å². The van der Waals surface area contributed by atoms with Crippen LogP contribution in [0.15, 0.2) is 24.3 Å². The van der Waals surface area contributed by atoms with Crippen LogP contribution in [0, 0.1) is 5.92 Å². The van der Waals surface area contributed by atoms with Gasteiger partial charge in [0.2, 0.25) is 5.91 Å². The molecule has 1 aliphatic carbocycles. The van der Waals surface area contributed by atoms with Crippen LogP contribution in [0.3, 0.4) is 0 Å². The zero-order valence-corrected chi connectivity index (χ0v) is 14.0. The molecule has 1 heterocycles. The molecule has 0 aromatic heterocycles. The van der Waals surface area contributed by atoms with Crippen molar-refractivity contribution < 1.29 is 14.6 Å². The zero-order valence-electron chi connectivity index (χ0n) is 13.3. The Balaban J connectivity index is 1.83. The van der Waals surface area contributed by atoms with Crippen LogP contribution in [0.25, 0.3) is 0 Å². The second kappa shape index (κ2) is 7.65. The molecular weight excluding hydrogens is 314 g/mol. The number of rotatable bonds is 4. The molecule has 3 rings (SSSR count). The highest BCUT2D eigenvalue weighted by Crippen LogP contribution is 2.36. The summed E-state index contributed by atoms with van der Waals surface area (Å²) in [6.07, 6.45) is 4.94. The van der Waals surface area contributed by atoms with E-state index in [1.165, 1.54) is 12.8 Å². The lowest BCUT2D eigenvalue weighted by Gasteiger charge is -2.41. The van der Waals surface area contributed by atoms with E-state index in [-0.39, 0.29) is 18.6 Å². The highest BCUT2D eigenvalue weighted by Gasteiger charge is 2.37. The molecule has 1 aromatic rings. The van der Waals surface area contributed by atoms with E-state index in [1.807, 2.05) is 29.2 Å². The van der Waals surface area contributed by atoms with Crippen molar-refractivity contribution in [1.29, 1.82) is 0 Å². The Hall–Kier alpha value is -1.10. The number of hydrogen-bond acceptors (Lipinski definition) is 3. The number of carbonyl (C=O) groups is 1. The highest BCUT2D eigenvalue weighted by molar-refractivity contribution is 6.31. The van der Waals surface area contributed by atoms with Crippen LogP contribution < -0.4 is 0 Å². The average molecular weight is 338 g/mol. The van der Waals surface area contributed by atoms with Gasteiger partial charge in [0.1, 0.15) is 6.10 Å². The standard InChI is InChI=1S/C18H24ClNO3/c19-15-8-4-3-7-14(15)18-16(12-21)23-10-9-20(18)17(22)11-13-5-1-2-6-13/h3-4,7-8,13,16,18,21H,1-2,5-6,9-12H2/t16-,18-/m0/s1. The largest absolute Gasteiger partial charge is 0.394 e. The lowest BCUT2D eigenvalue weighted by Crippen LogP contribution is -2.49. The van der Waals surface area contributed by atoms with E-state index in [0.29, 0.717) is 30.5 Å². The molecule has 1 saturated carbocycles. The van der Waals surface area contributed by atoms with Crippen molar-refractivity contribution in [2.75, 3.05) is 19.8 Å². The minimum Gasteiger partial charge on any atom is -0.394 e. The fourth-order valence-corrected chi connectivity index (χ4v) is 4.08. The van der Waals surface area contributed by atoms with Gasteiger partial charge in [-0.3, -0.25) is 4.79 Å². The lowest BCUT2D eigenvalue weighted by atomic mass is 9.96. The van der Waals surface area contributed by atoms with Crippen molar-refractivity contribution in [3.63, 3.8) is 0 Å². The van der Waals surface area contributed by atoms with Gasteiger partial charge in [0.05, 0.1) is 19.3 Å². The predicted molar refractivity (Wildman–Crippen MR) is 89.3 cm³/mol. The van der Waals surface area contributed by atoms with Crippen LogP contribution in [0.1, 0.15) is 43.7 Å². The first-order chi connectivity index (χ1) is 11.2. The molecule has 1 N–H and O–H groups in total. The molecule has 0 bridgehead atoms. The minimum atomic E-state index is -0.420. The average Bonchev–Trinajstić information content (AvgIpc) is 3.07. The third-order valence-corrected chi connectivity index (χ3v) is 5.36. The topological polar surface area (TPSA) is 49.8 Å². The van der Waals surface area contributed by atoms with Crippen LogP contribution in [0.5, 0.6) is 0 Å². The van der Waals surface area contributed by atoms with Crippen LogP contribution in [-0.4, -0.2) is 41.8 Å². The summed E-state index contributed by atoms with van der Waals surface area (Å²) in [5.41, 5.74) is 0.854. The Labute approximate surface area is 142 Å².